The molecule has 1 aliphatic heterocycles. The van der Waals surface area contributed by atoms with Crippen LogP contribution in [-0.4, -0.2) is 5.11 Å². The molecule has 2 rings (SSSR count). The number of hydrogen-bond donors (Lipinski definition) is 1. The van der Waals surface area contributed by atoms with E-state index in [1.807, 2.05) is 24.3 Å². The third-order valence-corrected chi connectivity index (χ3v) is 1.99. The van der Waals surface area contributed by atoms with E-state index in [1.54, 1.807) is 6.08 Å². The van der Waals surface area contributed by atoms with Crippen molar-refractivity contribution in [2.75, 3.05) is 0 Å². The van der Waals surface area contributed by atoms with Crippen LogP contribution in [0.15, 0.2) is 36.3 Å². The standard InChI is InChI=1S/C10H10O2/c11-10-6-5-8-3-1-2-4-9(8)7-12-10/h1-4,6,11H,5,7H2. The second kappa shape index (κ2) is 2.89. The molecule has 12 heavy (non-hydrogen) atoms. The summed E-state index contributed by atoms with van der Waals surface area (Å²) in [5.41, 5.74) is 2.37. The maximum absolute atomic E-state index is 9.10. The first-order valence-electron chi connectivity index (χ1n) is 3.95. The lowest BCUT2D eigenvalue weighted by Crippen LogP contribution is -1.91. The van der Waals surface area contributed by atoms with E-state index in [1.165, 1.54) is 5.56 Å². The Balaban J connectivity index is 2.35. The van der Waals surface area contributed by atoms with E-state index in [9.17, 15) is 0 Å². The Bertz CT molecular complexity index is 315. The van der Waals surface area contributed by atoms with Crippen molar-refractivity contribution < 1.29 is 9.84 Å². The Hall–Kier alpha value is -1.44. The molecule has 0 amide bonds. The highest BCUT2D eigenvalue weighted by Crippen LogP contribution is 2.16. The van der Waals surface area contributed by atoms with Crippen LogP contribution < -0.4 is 0 Å². The molecule has 0 aliphatic carbocycles. The third-order valence-electron chi connectivity index (χ3n) is 1.99. The second-order valence-electron chi connectivity index (χ2n) is 2.80. The van der Waals surface area contributed by atoms with E-state index in [2.05, 4.69) is 0 Å². The minimum absolute atomic E-state index is 0.0335. The minimum Gasteiger partial charge on any atom is -0.481 e. The normalized spacial score (nSPS) is 15.5. The van der Waals surface area contributed by atoms with Crippen molar-refractivity contribution in [3.05, 3.63) is 47.4 Å². The molecule has 1 aliphatic rings. The number of hydrogen-bond acceptors (Lipinski definition) is 2. The Morgan fingerprint density at radius 2 is 1.92 bits per heavy atom. The highest BCUT2D eigenvalue weighted by Gasteiger charge is 2.06. The van der Waals surface area contributed by atoms with Gasteiger partial charge in [-0.3, -0.25) is 0 Å². The highest BCUT2D eigenvalue weighted by atomic mass is 16.6. The fourth-order valence-electron chi connectivity index (χ4n) is 1.31. The van der Waals surface area contributed by atoms with Gasteiger partial charge in [0.05, 0.1) is 0 Å². The van der Waals surface area contributed by atoms with Crippen molar-refractivity contribution in [2.24, 2.45) is 0 Å². The molecule has 1 aromatic carbocycles. The summed E-state index contributed by atoms with van der Waals surface area (Å²) in [5.74, 6) is 0.0335. The largest absolute Gasteiger partial charge is 0.481 e. The predicted octanol–water partition coefficient (Wildman–Crippen LogP) is 2.16. The SMILES string of the molecule is OC1=CCc2ccccc2CO1. The first kappa shape index (κ1) is 7.22. The zero-order valence-electron chi connectivity index (χ0n) is 6.66. The van der Waals surface area contributed by atoms with Crippen LogP contribution in [0.4, 0.5) is 0 Å². The summed E-state index contributed by atoms with van der Waals surface area (Å²) >= 11 is 0. The number of allylic oxidation sites excluding steroid dienone is 1. The topological polar surface area (TPSA) is 29.5 Å². The zero-order valence-corrected chi connectivity index (χ0v) is 6.66. The molecular formula is C10H10O2. The second-order valence-corrected chi connectivity index (χ2v) is 2.80. The number of fused-ring (bicyclic) bond motifs is 1. The van der Waals surface area contributed by atoms with E-state index in [0.717, 1.165) is 12.0 Å². The van der Waals surface area contributed by atoms with E-state index >= 15 is 0 Å². The molecule has 1 N–H and O–H groups in total. The van der Waals surface area contributed by atoms with Crippen LogP contribution in [0.1, 0.15) is 11.1 Å². The smallest absolute Gasteiger partial charge is 0.273 e. The summed E-state index contributed by atoms with van der Waals surface area (Å²) in [6.07, 6.45) is 2.44. The molecular weight excluding hydrogens is 152 g/mol. The van der Waals surface area contributed by atoms with Gasteiger partial charge in [0.25, 0.3) is 5.95 Å². The van der Waals surface area contributed by atoms with E-state index in [4.69, 9.17) is 9.84 Å². The van der Waals surface area contributed by atoms with Crippen molar-refractivity contribution in [3.8, 4) is 0 Å². The Labute approximate surface area is 71.1 Å². The number of aliphatic hydroxyl groups excluding tert-OH is 1. The van der Waals surface area contributed by atoms with Gasteiger partial charge < -0.3 is 9.84 Å². The number of rotatable bonds is 0. The van der Waals surface area contributed by atoms with Crippen molar-refractivity contribution in [2.45, 2.75) is 13.0 Å². The van der Waals surface area contributed by atoms with Crippen molar-refractivity contribution >= 4 is 0 Å². The third kappa shape index (κ3) is 1.28. The fraction of sp³-hybridized carbons (Fsp3) is 0.200. The predicted molar refractivity (Wildman–Crippen MR) is 45.6 cm³/mol. The fourth-order valence-corrected chi connectivity index (χ4v) is 1.31. The summed E-state index contributed by atoms with van der Waals surface area (Å²) < 4.78 is 5.05. The molecule has 0 spiro atoms. The van der Waals surface area contributed by atoms with Gasteiger partial charge in [-0.15, -0.1) is 0 Å². The molecule has 2 heteroatoms. The number of benzene rings is 1. The molecule has 1 heterocycles. The maximum Gasteiger partial charge on any atom is 0.273 e. The zero-order chi connectivity index (χ0) is 8.39. The number of ether oxygens (including phenoxy) is 1. The molecule has 0 unspecified atom stereocenters. The lowest BCUT2D eigenvalue weighted by molar-refractivity contribution is 0.0838. The average molecular weight is 162 g/mol. The number of aliphatic hydroxyl groups is 1. The van der Waals surface area contributed by atoms with Crippen LogP contribution in [0.2, 0.25) is 0 Å². The summed E-state index contributed by atoms with van der Waals surface area (Å²) in [7, 11) is 0. The molecule has 1 aromatic rings. The van der Waals surface area contributed by atoms with Crippen LogP contribution >= 0.6 is 0 Å². The molecule has 0 bridgehead atoms. The van der Waals surface area contributed by atoms with Gasteiger partial charge in [0.2, 0.25) is 0 Å². The maximum atomic E-state index is 9.10. The Morgan fingerprint density at radius 1 is 1.17 bits per heavy atom. The molecule has 62 valence electrons. The molecule has 0 aromatic heterocycles. The van der Waals surface area contributed by atoms with E-state index in [-0.39, 0.29) is 5.95 Å². The van der Waals surface area contributed by atoms with Gasteiger partial charge in [0, 0.05) is 6.08 Å². The Kier molecular flexibility index (Phi) is 1.74. The molecule has 0 atom stereocenters. The molecule has 0 saturated heterocycles. The van der Waals surface area contributed by atoms with Crippen LogP contribution in [0.3, 0.4) is 0 Å². The first-order chi connectivity index (χ1) is 5.86. The lowest BCUT2D eigenvalue weighted by Gasteiger charge is -2.03. The average Bonchev–Trinajstić information content (AvgIpc) is 2.29. The van der Waals surface area contributed by atoms with Gasteiger partial charge >= 0.3 is 0 Å². The van der Waals surface area contributed by atoms with Gasteiger partial charge in [0.1, 0.15) is 6.61 Å². The van der Waals surface area contributed by atoms with Gasteiger partial charge in [0.15, 0.2) is 0 Å². The van der Waals surface area contributed by atoms with Crippen LogP contribution in [0.25, 0.3) is 0 Å². The first-order valence-corrected chi connectivity index (χ1v) is 3.95. The van der Waals surface area contributed by atoms with Gasteiger partial charge in [-0.05, 0) is 17.5 Å². The summed E-state index contributed by atoms with van der Waals surface area (Å²) in [6, 6.07) is 8.04. The molecule has 0 fully saturated rings. The Morgan fingerprint density at radius 3 is 2.75 bits per heavy atom. The monoisotopic (exact) mass is 162 g/mol. The van der Waals surface area contributed by atoms with Crippen molar-refractivity contribution in [1.82, 2.24) is 0 Å². The quantitative estimate of drug-likeness (QED) is 0.633. The lowest BCUT2D eigenvalue weighted by atomic mass is 10.1. The summed E-state index contributed by atoms with van der Waals surface area (Å²) in [6.45, 7) is 0.471. The van der Waals surface area contributed by atoms with E-state index < -0.39 is 0 Å². The summed E-state index contributed by atoms with van der Waals surface area (Å²) in [4.78, 5) is 0. The van der Waals surface area contributed by atoms with Gasteiger partial charge in [-0.1, -0.05) is 24.3 Å². The summed E-state index contributed by atoms with van der Waals surface area (Å²) in [5, 5.41) is 9.10. The van der Waals surface area contributed by atoms with Crippen LogP contribution in [0, 0.1) is 0 Å². The molecule has 2 nitrogen and oxygen atoms in total. The van der Waals surface area contributed by atoms with Crippen LogP contribution in [0.5, 0.6) is 0 Å². The van der Waals surface area contributed by atoms with Gasteiger partial charge in [-0.2, -0.15) is 0 Å². The van der Waals surface area contributed by atoms with Crippen LogP contribution in [-0.2, 0) is 17.8 Å². The van der Waals surface area contributed by atoms with E-state index in [0.29, 0.717) is 6.61 Å². The molecule has 0 radical (unpaired) electrons. The highest BCUT2D eigenvalue weighted by molar-refractivity contribution is 5.29. The minimum atomic E-state index is 0.0335. The van der Waals surface area contributed by atoms with Crippen molar-refractivity contribution in [3.63, 3.8) is 0 Å². The van der Waals surface area contributed by atoms with Gasteiger partial charge in [-0.25, -0.2) is 0 Å². The van der Waals surface area contributed by atoms with Crippen molar-refractivity contribution in [1.29, 1.82) is 0 Å². The molecule has 0 saturated carbocycles.